The molecule has 1 heterocycles. The molecule has 0 atom stereocenters. The summed E-state index contributed by atoms with van der Waals surface area (Å²) in [5, 5.41) is 4.37. The van der Waals surface area contributed by atoms with Gasteiger partial charge in [-0.05, 0) is 30.3 Å². The van der Waals surface area contributed by atoms with Crippen molar-refractivity contribution in [3.8, 4) is 0 Å². The predicted octanol–water partition coefficient (Wildman–Crippen LogP) is 4.36. The van der Waals surface area contributed by atoms with Crippen molar-refractivity contribution >= 4 is 28.9 Å². The van der Waals surface area contributed by atoms with Crippen LogP contribution in [0.5, 0.6) is 0 Å². The van der Waals surface area contributed by atoms with Crippen LogP contribution in [0.1, 0.15) is 5.56 Å². The molecule has 0 amide bonds. The van der Waals surface area contributed by atoms with Crippen molar-refractivity contribution in [2.75, 3.05) is 24.5 Å². The molecule has 0 spiro atoms. The molecule has 1 aliphatic rings. The van der Waals surface area contributed by atoms with Crippen LogP contribution in [0.25, 0.3) is 0 Å². The fraction of sp³-hybridized carbons (Fsp3) is 0.294. The van der Waals surface area contributed by atoms with E-state index in [2.05, 4.69) is 10.2 Å². The molecule has 2 aromatic rings. The molecule has 1 N–H and O–H groups in total. The van der Waals surface area contributed by atoms with Crippen molar-refractivity contribution in [2.24, 2.45) is 5.92 Å². The molecule has 22 heavy (non-hydrogen) atoms. The number of hydrogen-bond donors (Lipinski definition) is 1. The van der Waals surface area contributed by atoms with E-state index in [1.54, 1.807) is 12.1 Å². The molecule has 2 nitrogen and oxygen atoms in total. The first-order valence-corrected chi connectivity index (χ1v) is 8.02. The molecule has 1 fully saturated rings. The van der Waals surface area contributed by atoms with Crippen molar-refractivity contribution in [1.29, 1.82) is 0 Å². The zero-order valence-electron chi connectivity index (χ0n) is 12.0. The fourth-order valence-corrected chi connectivity index (χ4v) is 2.92. The predicted molar refractivity (Wildman–Crippen MR) is 90.3 cm³/mol. The highest BCUT2D eigenvalue weighted by atomic mass is 35.5. The Morgan fingerprint density at radius 2 is 1.86 bits per heavy atom. The van der Waals surface area contributed by atoms with Gasteiger partial charge in [-0.25, -0.2) is 4.39 Å². The summed E-state index contributed by atoms with van der Waals surface area (Å²) >= 11 is 11.9. The molecule has 2 aromatic carbocycles. The minimum absolute atomic E-state index is 0.272. The Kier molecular flexibility index (Phi) is 4.87. The van der Waals surface area contributed by atoms with Crippen molar-refractivity contribution in [3.05, 3.63) is 63.9 Å². The maximum absolute atomic E-state index is 14.1. The SMILES string of the molecule is Fc1cc(Cl)ccc1CN(CC1CNC1)c1cccc(Cl)c1. The Balaban J connectivity index is 1.84. The summed E-state index contributed by atoms with van der Waals surface area (Å²) in [5.74, 6) is 0.306. The third kappa shape index (κ3) is 3.72. The lowest BCUT2D eigenvalue weighted by molar-refractivity contribution is 0.347. The summed E-state index contributed by atoms with van der Waals surface area (Å²) in [5.41, 5.74) is 1.64. The van der Waals surface area contributed by atoms with Crippen LogP contribution in [0.15, 0.2) is 42.5 Å². The average molecular weight is 339 g/mol. The van der Waals surface area contributed by atoms with Gasteiger partial charge in [0.1, 0.15) is 5.82 Å². The molecule has 0 saturated carbocycles. The van der Waals surface area contributed by atoms with E-state index in [9.17, 15) is 4.39 Å². The first kappa shape index (κ1) is 15.6. The van der Waals surface area contributed by atoms with Crippen LogP contribution in [-0.2, 0) is 6.54 Å². The van der Waals surface area contributed by atoms with Crippen molar-refractivity contribution in [3.63, 3.8) is 0 Å². The standard InChI is InChI=1S/C17H17Cl2FN2/c18-14-2-1-3-16(6-14)22(10-12-8-21-9-12)11-13-4-5-15(19)7-17(13)20/h1-7,12,21H,8-11H2. The molecular formula is C17H17Cl2FN2. The van der Waals surface area contributed by atoms with Gasteiger partial charge in [-0.1, -0.05) is 35.3 Å². The van der Waals surface area contributed by atoms with E-state index >= 15 is 0 Å². The second-order valence-electron chi connectivity index (χ2n) is 5.62. The number of benzene rings is 2. The molecule has 116 valence electrons. The highest BCUT2D eigenvalue weighted by Crippen LogP contribution is 2.25. The van der Waals surface area contributed by atoms with Gasteiger partial charge in [-0.2, -0.15) is 0 Å². The third-order valence-corrected chi connectivity index (χ3v) is 4.36. The molecule has 0 aromatic heterocycles. The summed E-state index contributed by atoms with van der Waals surface area (Å²) in [7, 11) is 0. The van der Waals surface area contributed by atoms with E-state index in [4.69, 9.17) is 23.2 Å². The van der Waals surface area contributed by atoms with Crippen LogP contribution < -0.4 is 10.2 Å². The van der Waals surface area contributed by atoms with Crippen LogP contribution in [0, 0.1) is 11.7 Å². The molecule has 1 saturated heterocycles. The third-order valence-electron chi connectivity index (χ3n) is 3.89. The molecular weight excluding hydrogens is 322 g/mol. The molecule has 5 heteroatoms. The first-order chi connectivity index (χ1) is 10.6. The monoisotopic (exact) mass is 338 g/mol. The van der Waals surface area contributed by atoms with Gasteiger partial charge in [0.2, 0.25) is 0 Å². The average Bonchev–Trinajstić information content (AvgIpc) is 2.43. The molecule has 0 bridgehead atoms. The second-order valence-corrected chi connectivity index (χ2v) is 6.49. The van der Waals surface area contributed by atoms with Crippen molar-refractivity contribution < 1.29 is 4.39 Å². The van der Waals surface area contributed by atoms with Crippen molar-refractivity contribution in [2.45, 2.75) is 6.54 Å². The van der Waals surface area contributed by atoms with Gasteiger partial charge < -0.3 is 10.2 Å². The van der Waals surface area contributed by atoms with Crippen LogP contribution in [-0.4, -0.2) is 19.6 Å². The zero-order chi connectivity index (χ0) is 15.5. The van der Waals surface area contributed by atoms with Crippen LogP contribution in [0.2, 0.25) is 10.0 Å². The van der Waals surface area contributed by atoms with Gasteiger partial charge in [0, 0.05) is 53.4 Å². The highest BCUT2D eigenvalue weighted by molar-refractivity contribution is 6.31. The number of anilines is 1. The lowest BCUT2D eigenvalue weighted by Gasteiger charge is -2.34. The van der Waals surface area contributed by atoms with Gasteiger partial charge in [-0.15, -0.1) is 0 Å². The van der Waals surface area contributed by atoms with Gasteiger partial charge in [0.25, 0.3) is 0 Å². The number of halogens is 3. The van der Waals surface area contributed by atoms with E-state index in [1.165, 1.54) is 6.07 Å². The highest BCUT2D eigenvalue weighted by Gasteiger charge is 2.21. The minimum atomic E-state index is -0.272. The largest absolute Gasteiger partial charge is 0.367 e. The zero-order valence-corrected chi connectivity index (χ0v) is 13.5. The summed E-state index contributed by atoms with van der Waals surface area (Å²) in [6.07, 6.45) is 0. The van der Waals surface area contributed by atoms with E-state index in [-0.39, 0.29) is 5.82 Å². The van der Waals surface area contributed by atoms with E-state index in [1.807, 2.05) is 24.3 Å². The quantitative estimate of drug-likeness (QED) is 0.871. The van der Waals surface area contributed by atoms with Gasteiger partial charge in [-0.3, -0.25) is 0 Å². The van der Waals surface area contributed by atoms with Gasteiger partial charge in [0.05, 0.1) is 0 Å². The van der Waals surface area contributed by atoms with Gasteiger partial charge >= 0.3 is 0 Å². The molecule has 0 radical (unpaired) electrons. The molecule has 1 aliphatic heterocycles. The lowest BCUT2D eigenvalue weighted by Crippen LogP contribution is -2.48. The Morgan fingerprint density at radius 3 is 2.50 bits per heavy atom. The van der Waals surface area contributed by atoms with E-state index in [0.29, 0.717) is 28.1 Å². The Morgan fingerprint density at radius 1 is 1.09 bits per heavy atom. The fourth-order valence-electron chi connectivity index (χ4n) is 2.58. The van der Waals surface area contributed by atoms with Crippen molar-refractivity contribution in [1.82, 2.24) is 5.32 Å². The maximum Gasteiger partial charge on any atom is 0.129 e. The Labute approximate surface area is 139 Å². The number of nitrogens with zero attached hydrogens (tertiary/aromatic N) is 1. The molecule has 0 aliphatic carbocycles. The Hall–Kier alpha value is -1.29. The second kappa shape index (κ2) is 6.86. The summed E-state index contributed by atoms with van der Waals surface area (Å²) in [6, 6.07) is 12.5. The number of nitrogens with one attached hydrogen (secondary N) is 1. The lowest BCUT2D eigenvalue weighted by atomic mass is 10.0. The van der Waals surface area contributed by atoms with Gasteiger partial charge in [0.15, 0.2) is 0 Å². The minimum Gasteiger partial charge on any atom is -0.367 e. The van der Waals surface area contributed by atoms with E-state index < -0.39 is 0 Å². The summed E-state index contributed by atoms with van der Waals surface area (Å²) in [4.78, 5) is 2.17. The Bertz CT molecular complexity index is 659. The normalized spacial score (nSPS) is 14.7. The summed E-state index contributed by atoms with van der Waals surface area (Å²) < 4.78 is 14.1. The van der Waals surface area contributed by atoms with Crippen LogP contribution in [0.4, 0.5) is 10.1 Å². The molecule has 0 unspecified atom stereocenters. The summed E-state index contributed by atoms with van der Waals surface area (Å²) in [6.45, 7) is 3.37. The molecule has 3 rings (SSSR count). The first-order valence-electron chi connectivity index (χ1n) is 7.27. The number of hydrogen-bond acceptors (Lipinski definition) is 2. The van der Waals surface area contributed by atoms with Crippen LogP contribution in [0.3, 0.4) is 0 Å². The smallest absolute Gasteiger partial charge is 0.129 e. The van der Waals surface area contributed by atoms with Crippen LogP contribution >= 0.6 is 23.2 Å². The maximum atomic E-state index is 14.1. The topological polar surface area (TPSA) is 15.3 Å². The number of rotatable bonds is 5. The van der Waals surface area contributed by atoms with E-state index in [0.717, 1.165) is 25.3 Å².